The molecule has 0 spiro atoms. The van der Waals surface area contributed by atoms with Crippen LogP contribution in [0.15, 0.2) is 24.5 Å². The van der Waals surface area contributed by atoms with Gasteiger partial charge >= 0.3 is 0 Å². The highest BCUT2D eigenvalue weighted by atomic mass is 35.5. The summed E-state index contributed by atoms with van der Waals surface area (Å²) in [5.74, 6) is 0.529. The number of rotatable bonds is 1. The van der Waals surface area contributed by atoms with Gasteiger partial charge in [-0.1, -0.05) is 6.08 Å². The Morgan fingerprint density at radius 2 is 2.38 bits per heavy atom. The molecule has 0 aromatic heterocycles. The first kappa shape index (κ1) is 5.70. The molecule has 0 saturated carbocycles. The van der Waals surface area contributed by atoms with Crippen molar-refractivity contribution in [1.82, 2.24) is 0 Å². The van der Waals surface area contributed by atoms with Crippen LogP contribution in [-0.4, -0.2) is 12.0 Å². The van der Waals surface area contributed by atoms with Crippen LogP contribution in [0.4, 0.5) is 0 Å². The largest absolute Gasteiger partial charge is 0.493 e. The maximum absolute atomic E-state index is 5.47. The molecule has 0 amide bonds. The van der Waals surface area contributed by atoms with E-state index in [4.69, 9.17) is 16.3 Å². The third-order valence-electron chi connectivity index (χ3n) is 0.921. The van der Waals surface area contributed by atoms with Gasteiger partial charge < -0.3 is 4.74 Å². The summed E-state index contributed by atoms with van der Waals surface area (Å²) in [6.07, 6.45) is 7.42. The molecule has 1 aliphatic rings. The third kappa shape index (κ3) is 1.27. The van der Waals surface area contributed by atoms with E-state index in [2.05, 4.69) is 0 Å². The van der Waals surface area contributed by atoms with Crippen LogP contribution in [0.25, 0.3) is 0 Å². The summed E-state index contributed by atoms with van der Waals surface area (Å²) in [5.41, 5.74) is 0. The zero-order valence-electron chi connectivity index (χ0n) is 4.38. The SMILES string of the molecule is ClCC1C=CC=CO1. The van der Waals surface area contributed by atoms with Crippen molar-refractivity contribution < 1.29 is 4.74 Å². The monoisotopic (exact) mass is 130 g/mol. The van der Waals surface area contributed by atoms with E-state index >= 15 is 0 Å². The van der Waals surface area contributed by atoms with Crippen molar-refractivity contribution in [2.45, 2.75) is 6.10 Å². The first-order chi connectivity index (χ1) is 3.93. The van der Waals surface area contributed by atoms with E-state index in [9.17, 15) is 0 Å². The third-order valence-corrected chi connectivity index (χ3v) is 1.23. The van der Waals surface area contributed by atoms with E-state index in [0.717, 1.165) is 0 Å². The van der Waals surface area contributed by atoms with Gasteiger partial charge in [-0.3, -0.25) is 0 Å². The lowest BCUT2D eigenvalue weighted by molar-refractivity contribution is 0.203. The molecule has 8 heavy (non-hydrogen) atoms. The molecule has 0 bridgehead atoms. The van der Waals surface area contributed by atoms with Gasteiger partial charge in [0.2, 0.25) is 0 Å². The fourth-order valence-electron chi connectivity index (χ4n) is 0.513. The summed E-state index contributed by atoms with van der Waals surface area (Å²) in [4.78, 5) is 0. The zero-order valence-corrected chi connectivity index (χ0v) is 5.14. The molecule has 0 aromatic rings. The number of ether oxygens (including phenoxy) is 1. The van der Waals surface area contributed by atoms with Gasteiger partial charge in [0.15, 0.2) is 0 Å². The lowest BCUT2D eigenvalue weighted by atomic mass is 10.3. The van der Waals surface area contributed by atoms with Gasteiger partial charge in [0, 0.05) is 0 Å². The molecule has 1 atom stereocenters. The van der Waals surface area contributed by atoms with E-state index < -0.39 is 0 Å². The van der Waals surface area contributed by atoms with Gasteiger partial charge in [-0.25, -0.2) is 0 Å². The van der Waals surface area contributed by atoms with Gasteiger partial charge in [-0.15, -0.1) is 11.6 Å². The van der Waals surface area contributed by atoms with Gasteiger partial charge in [0.1, 0.15) is 6.10 Å². The average Bonchev–Trinajstić information content (AvgIpc) is 1.90. The number of alkyl halides is 1. The van der Waals surface area contributed by atoms with Crippen LogP contribution in [0, 0.1) is 0 Å². The fraction of sp³-hybridized carbons (Fsp3) is 0.333. The molecule has 0 aromatic carbocycles. The van der Waals surface area contributed by atoms with Crippen LogP contribution in [0.1, 0.15) is 0 Å². The summed E-state index contributed by atoms with van der Waals surface area (Å²) < 4.78 is 5.03. The van der Waals surface area contributed by atoms with E-state index in [0.29, 0.717) is 5.88 Å². The quantitative estimate of drug-likeness (QED) is 0.491. The van der Waals surface area contributed by atoms with E-state index in [1.165, 1.54) is 0 Å². The van der Waals surface area contributed by atoms with Gasteiger partial charge in [0.05, 0.1) is 12.1 Å². The van der Waals surface area contributed by atoms with Crippen LogP contribution < -0.4 is 0 Å². The minimum Gasteiger partial charge on any atom is -0.493 e. The van der Waals surface area contributed by atoms with Crippen molar-refractivity contribution in [3.8, 4) is 0 Å². The van der Waals surface area contributed by atoms with Crippen molar-refractivity contribution in [2.75, 3.05) is 5.88 Å². The average molecular weight is 131 g/mol. The smallest absolute Gasteiger partial charge is 0.130 e. The Labute approximate surface area is 53.6 Å². The zero-order chi connectivity index (χ0) is 5.82. The first-order valence-corrected chi connectivity index (χ1v) is 3.01. The van der Waals surface area contributed by atoms with Gasteiger partial charge in [-0.2, -0.15) is 0 Å². The highest BCUT2D eigenvalue weighted by Gasteiger charge is 2.00. The Balaban J connectivity index is 2.40. The summed E-state index contributed by atoms with van der Waals surface area (Å²) >= 11 is 5.47. The summed E-state index contributed by atoms with van der Waals surface area (Å²) in [7, 11) is 0. The highest BCUT2D eigenvalue weighted by Crippen LogP contribution is 2.02. The molecule has 0 saturated heterocycles. The van der Waals surface area contributed by atoms with Crippen LogP contribution in [0.3, 0.4) is 0 Å². The molecule has 0 radical (unpaired) electrons. The second-order valence-electron chi connectivity index (χ2n) is 1.54. The molecule has 0 aliphatic carbocycles. The Morgan fingerprint density at radius 3 is 2.75 bits per heavy atom. The molecule has 1 nitrogen and oxygen atoms in total. The Hall–Kier alpha value is -0.430. The fourth-order valence-corrected chi connectivity index (χ4v) is 0.688. The van der Waals surface area contributed by atoms with Crippen LogP contribution in [0.5, 0.6) is 0 Å². The molecule has 0 fully saturated rings. The Morgan fingerprint density at radius 1 is 1.50 bits per heavy atom. The lowest BCUT2D eigenvalue weighted by Crippen LogP contribution is -2.08. The number of hydrogen-bond donors (Lipinski definition) is 0. The summed E-state index contributed by atoms with van der Waals surface area (Å²) in [5, 5.41) is 0. The maximum atomic E-state index is 5.47. The topological polar surface area (TPSA) is 9.23 Å². The minimum absolute atomic E-state index is 0.0849. The number of halogens is 1. The molecular weight excluding hydrogens is 124 g/mol. The van der Waals surface area contributed by atoms with Gasteiger partial charge in [0.25, 0.3) is 0 Å². The van der Waals surface area contributed by atoms with Crippen LogP contribution in [0.2, 0.25) is 0 Å². The standard InChI is InChI=1S/C6H7ClO/c7-5-6-3-1-2-4-8-6/h1-4,6H,5H2. The summed E-state index contributed by atoms with van der Waals surface area (Å²) in [6, 6.07) is 0. The first-order valence-electron chi connectivity index (χ1n) is 2.48. The number of hydrogen-bond acceptors (Lipinski definition) is 1. The summed E-state index contributed by atoms with van der Waals surface area (Å²) in [6.45, 7) is 0. The molecule has 1 rings (SSSR count). The second-order valence-corrected chi connectivity index (χ2v) is 1.85. The predicted molar refractivity (Wildman–Crippen MR) is 33.9 cm³/mol. The van der Waals surface area contributed by atoms with Crippen molar-refractivity contribution >= 4 is 11.6 Å². The molecule has 1 heterocycles. The molecule has 44 valence electrons. The van der Waals surface area contributed by atoms with Crippen LogP contribution in [-0.2, 0) is 4.74 Å². The minimum atomic E-state index is 0.0849. The molecule has 1 aliphatic heterocycles. The normalized spacial score (nSPS) is 25.4. The lowest BCUT2D eigenvalue weighted by Gasteiger charge is -2.09. The molecule has 1 unspecified atom stereocenters. The van der Waals surface area contributed by atoms with Crippen molar-refractivity contribution in [3.63, 3.8) is 0 Å². The Bertz CT molecular complexity index is 118. The van der Waals surface area contributed by atoms with Gasteiger partial charge in [-0.05, 0) is 12.2 Å². The van der Waals surface area contributed by atoms with Crippen molar-refractivity contribution in [3.05, 3.63) is 24.5 Å². The van der Waals surface area contributed by atoms with Crippen LogP contribution >= 0.6 is 11.6 Å². The number of allylic oxidation sites excluding steroid dienone is 2. The predicted octanol–water partition coefficient (Wildman–Crippen LogP) is 1.69. The highest BCUT2D eigenvalue weighted by molar-refractivity contribution is 6.18. The van der Waals surface area contributed by atoms with Crippen molar-refractivity contribution in [2.24, 2.45) is 0 Å². The molecular formula is C6H7ClO. The molecule has 0 N–H and O–H groups in total. The van der Waals surface area contributed by atoms with E-state index in [1.54, 1.807) is 6.26 Å². The maximum Gasteiger partial charge on any atom is 0.130 e. The Kier molecular flexibility index (Phi) is 1.98. The second kappa shape index (κ2) is 2.78. The van der Waals surface area contributed by atoms with E-state index in [-0.39, 0.29) is 6.10 Å². The van der Waals surface area contributed by atoms with E-state index in [1.807, 2.05) is 18.2 Å². The molecule has 2 heteroatoms. The van der Waals surface area contributed by atoms with Crippen molar-refractivity contribution in [1.29, 1.82) is 0 Å².